The third kappa shape index (κ3) is 2.45. The van der Waals surface area contributed by atoms with E-state index in [0.717, 1.165) is 11.3 Å². The van der Waals surface area contributed by atoms with Crippen LogP contribution in [-0.4, -0.2) is 19.1 Å². The van der Waals surface area contributed by atoms with Gasteiger partial charge in [-0.05, 0) is 36.8 Å². The van der Waals surface area contributed by atoms with Gasteiger partial charge in [-0.15, -0.1) is 0 Å². The normalized spacial score (nSPS) is 12.8. The Morgan fingerprint density at radius 3 is 2.40 bits per heavy atom. The van der Waals surface area contributed by atoms with E-state index < -0.39 is 0 Å². The number of rotatable bonds is 2. The number of para-hydroxylation sites is 1. The minimum atomic E-state index is -0.148. The van der Waals surface area contributed by atoms with Crippen LogP contribution in [0.25, 0.3) is 0 Å². The Balaban J connectivity index is 1.88. The van der Waals surface area contributed by atoms with E-state index in [9.17, 15) is 4.79 Å². The highest BCUT2D eigenvalue weighted by atomic mass is 16.6. The predicted molar refractivity (Wildman–Crippen MR) is 76.6 cm³/mol. The lowest BCUT2D eigenvalue weighted by molar-refractivity contribution is 0.102. The maximum atomic E-state index is 12.3. The lowest BCUT2D eigenvalue weighted by Gasteiger charge is -2.20. The second kappa shape index (κ2) is 5.25. The predicted octanol–water partition coefficient (Wildman–Crippen LogP) is 3.02. The van der Waals surface area contributed by atoms with Crippen LogP contribution in [0.15, 0.2) is 42.5 Å². The molecular formula is C16H15NO3. The second-order valence-corrected chi connectivity index (χ2v) is 4.63. The van der Waals surface area contributed by atoms with Gasteiger partial charge in [-0.25, -0.2) is 0 Å². The molecule has 0 unspecified atom stereocenters. The van der Waals surface area contributed by atoms with E-state index in [1.807, 2.05) is 43.3 Å². The topological polar surface area (TPSA) is 47.6 Å². The molecule has 2 aromatic rings. The van der Waals surface area contributed by atoms with Crippen LogP contribution in [0.2, 0.25) is 0 Å². The molecule has 0 radical (unpaired) electrons. The zero-order chi connectivity index (χ0) is 13.9. The van der Waals surface area contributed by atoms with Crippen LogP contribution >= 0.6 is 0 Å². The molecular weight excluding hydrogens is 254 g/mol. The molecule has 1 aliphatic heterocycles. The molecule has 0 fully saturated rings. The molecule has 0 aromatic heterocycles. The van der Waals surface area contributed by atoms with Crippen molar-refractivity contribution in [3.8, 4) is 11.5 Å². The van der Waals surface area contributed by atoms with Crippen LogP contribution in [0, 0.1) is 6.92 Å². The Kier molecular flexibility index (Phi) is 3.29. The molecule has 20 heavy (non-hydrogen) atoms. The molecule has 0 saturated carbocycles. The Bertz CT molecular complexity index is 638. The summed E-state index contributed by atoms with van der Waals surface area (Å²) in [5.41, 5.74) is 2.23. The van der Waals surface area contributed by atoms with Crippen molar-refractivity contribution in [3.63, 3.8) is 0 Å². The molecule has 2 aromatic carbocycles. The van der Waals surface area contributed by atoms with E-state index >= 15 is 0 Å². The lowest BCUT2D eigenvalue weighted by atomic mass is 10.1. The first-order chi connectivity index (χ1) is 9.74. The Labute approximate surface area is 117 Å². The highest BCUT2D eigenvalue weighted by Crippen LogP contribution is 2.33. The molecule has 1 N–H and O–H groups in total. The fourth-order valence-electron chi connectivity index (χ4n) is 2.15. The number of fused-ring (bicyclic) bond motifs is 1. The maximum Gasteiger partial charge on any atom is 0.256 e. The summed E-state index contributed by atoms with van der Waals surface area (Å²) in [5, 5.41) is 2.87. The summed E-state index contributed by atoms with van der Waals surface area (Å²) in [7, 11) is 0. The third-order valence-corrected chi connectivity index (χ3v) is 3.17. The molecule has 1 aliphatic rings. The molecule has 4 heteroatoms. The summed E-state index contributed by atoms with van der Waals surface area (Å²) in [5.74, 6) is 1.18. The number of carbonyl (C=O) groups is 1. The van der Waals surface area contributed by atoms with Gasteiger partial charge in [0.15, 0.2) is 11.5 Å². The largest absolute Gasteiger partial charge is 0.486 e. The highest BCUT2D eigenvalue weighted by molar-refractivity contribution is 6.05. The van der Waals surface area contributed by atoms with Crippen LogP contribution < -0.4 is 14.8 Å². The van der Waals surface area contributed by atoms with Crippen molar-refractivity contribution in [1.29, 1.82) is 0 Å². The Morgan fingerprint density at radius 1 is 1.05 bits per heavy atom. The molecule has 1 heterocycles. The molecule has 0 spiro atoms. The Hall–Kier alpha value is -2.49. The SMILES string of the molecule is Cc1cc2c(cc1C(=O)Nc1ccccc1)OCCO2. The van der Waals surface area contributed by atoms with Crippen molar-refractivity contribution in [1.82, 2.24) is 0 Å². The molecule has 3 rings (SSSR count). The number of benzene rings is 2. The number of hydrogen-bond donors (Lipinski definition) is 1. The average molecular weight is 269 g/mol. The summed E-state index contributed by atoms with van der Waals surface area (Å²) in [4.78, 5) is 12.3. The minimum Gasteiger partial charge on any atom is -0.486 e. The number of anilines is 1. The van der Waals surface area contributed by atoms with Crippen LogP contribution in [-0.2, 0) is 0 Å². The first-order valence-corrected chi connectivity index (χ1v) is 6.51. The third-order valence-electron chi connectivity index (χ3n) is 3.17. The quantitative estimate of drug-likeness (QED) is 0.911. The van der Waals surface area contributed by atoms with Crippen LogP contribution in [0.3, 0.4) is 0 Å². The van der Waals surface area contributed by atoms with E-state index in [1.54, 1.807) is 6.07 Å². The number of carbonyl (C=O) groups excluding carboxylic acids is 1. The fourth-order valence-corrected chi connectivity index (χ4v) is 2.15. The van der Waals surface area contributed by atoms with Gasteiger partial charge in [0.25, 0.3) is 5.91 Å². The zero-order valence-electron chi connectivity index (χ0n) is 11.2. The highest BCUT2D eigenvalue weighted by Gasteiger charge is 2.17. The van der Waals surface area contributed by atoms with E-state index in [2.05, 4.69) is 5.32 Å². The van der Waals surface area contributed by atoms with Gasteiger partial charge in [0.1, 0.15) is 13.2 Å². The van der Waals surface area contributed by atoms with Gasteiger partial charge >= 0.3 is 0 Å². The van der Waals surface area contributed by atoms with E-state index in [0.29, 0.717) is 30.3 Å². The Morgan fingerprint density at radius 2 is 1.70 bits per heavy atom. The number of aryl methyl sites for hydroxylation is 1. The molecule has 0 aliphatic carbocycles. The van der Waals surface area contributed by atoms with Gasteiger partial charge in [-0.2, -0.15) is 0 Å². The van der Waals surface area contributed by atoms with Crippen molar-refractivity contribution in [2.45, 2.75) is 6.92 Å². The van der Waals surface area contributed by atoms with Crippen LogP contribution in [0.4, 0.5) is 5.69 Å². The van der Waals surface area contributed by atoms with E-state index in [1.165, 1.54) is 0 Å². The maximum absolute atomic E-state index is 12.3. The smallest absolute Gasteiger partial charge is 0.256 e. The number of ether oxygens (including phenoxy) is 2. The van der Waals surface area contributed by atoms with E-state index in [-0.39, 0.29) is 5.91 Å². The lowest BCUT2D eigenvalue weighted by Crippen LogP contribution is -2.18. The van der Waals surface area contributed by atoms with Crippen LogP contribution in [0.1, 0.15) is 15.9 Å². The molecule has 102 valence electrons. The molecule has 0 atom stereocenters. The zero-order valence-corrected chi connectivity index (χ0v) is 11.2. The summed E-state index contributed by atoms with van der Waals surface area (Å²) in [6, 6.07) is 13.0. The van der Waals surface area contributed by atoms with Gasteiger partial charge < -0.3 is 14.8 Å². The number of nitrogens with one attached hydrogen (secondary N) is 1. The standard InChI is InChI=1S/C16H15NO3/c1-11-9-14-15(20-8-7-19-14)10-13(11)16(18)17-12-5-3-2-4-6-12/h2-6,9-10H,7-8H2,1H3,(H,17,18). The number of hydrogen-bond acceptors (Lipinski definition) is 3. The monoisotopic (exact) mass is 269 g/mol. The average Bonchev–Trinajstić information content (AvgIpc) is 2.47. The van der Waals surface area contributed by atoms with Gasteiger partial charge in [-0.1, -0.05) is 18.2 Å². The van der Waals surface area contributed by atoms with Gasteiger partial charge in [0, 0.05) is 11.3 Å². The molecule has 0 saturated heterocycles. The summed E-state index contributed by atoms with van der Waals surface area (Å²) >= 11 is 0. The first kappa shape index (κ1) is 12.5. The van der Waals surface area contributed by atoms with Crippen LogP contribution in [0.5, 0.6) is 11.5 Å². The van der Waals surface area contributed by atoms with Gasteiger partial charge in [0.05, 0.1) is 0 Å². The van der Waals surface area contributed by atoms with Gasteiger partial charge in [0.2, 0.25) is 0 Å². The summed E-state index contributed by atoms with van der Waals surface area (Å²) in [6.45, 7) is 2.94. The molecule has 4 nitrogen and oxygen atoms in total. The fraction of sp³-hybridized carbons (Fsp3) is 0.188. The summed E-state index contributed by atoms with van der Waals surface area (Å²) < 4.78 is 11.0. The minimum absolute atomic E-state index is 0.148. The number of amides is 1. The van der Waals surface area contributed by atoms with Crippen molar-refractivity contribution in [2.24, 2.45) is 0 Å². The molecule has 0 bridgehead atoms. The summed E-state index contributed by atoms with van der Waals surface area (Å²) in [6.07, 6.45) is 0. The van der Waals surface area contributed by atoms with Crippen molar-refractivity contribution in [2.75, 3.05) is 18.5 Å². The van der Waals surface area contributed by atoms with Crippen molar-refractivity contribution in [3.05, 3.63) is 53.6 Å². The van der Waals surface area contributed by atoms with Crippen molar-refractivity contribution >= 4 is 11.6 Å². The van der Waals surface area contributed by atoms with Crippen molar-refractivity contribution < 1.29 is 14.3 Å². The molecule has 1 amide bonds. The second-order valence-electron chi connectivity index (χ2n) is 4.63. The first-order valence-electron chi connectivity index (χ1n) is 6.51. The van der Waals surface area contributed by atoms with E-state index in [4.69, 9.17) is 9.47 Å². The van der Waals surface area contributed by atoms with Gasteiger partial charge in [-0.3, -0.25) is 4.79 Å².